The molecule has 0 aliphatic carbocycles. The molecule has 0 radical (unpaired) electrons. The van der Waals surface area contributed by atoms with Gasteiger partial charge in [-0.2, -0.15) is 26.3 Å². The number of methoxy groups -OCH3 is 2. The van der Waals surface area contributed by atoms with Crippen molar-refractivity contribution in [3.63, 3.8) is 0 Å². The number of hydrogen-bond donors (Lipinski definition) is 0. The van der Waals surface area contributed by atoms with Crippen molar-refractivity contribution in [2.75, 3.05) is 27.6 Å². The summed E-state index contributed by atoms with van der Waals surface area (Å²) in [7, 11) is 2.17. The zero-order chi connectivity index (χ0) is 30.4. The molecule has 0 amide bonds. The summed E-state index contributed by atoms with van der Waals surface area (Å²) in [6.07, 6.45) is -10.4. The number of ether oxygens (including phenoxy) is 4. The summed E-state index contributed by atoms with van der Waals surface area (Å²) in [6, 6.07) is 10.3. The van der Waals surface area contributed by atoms with Crippen LogP contribution in [0.15, 0.2) is 36.4 Å². The number of aryl methyl sites for hydroxylation is 2. The molecule has 2 aromatic rings. The Balaban J connectivity index is 2.55. The molecule has 2 rings (SSSR count). The van der Waals surface area contributed by atoms with Gasteiger partial charge in [-0.1, -0.05) is 44.0 Å². The van der Waals surface area contributed by atoms with E-state index >= 15 is 0 Å². The third-order valence-corrected chi connectivity index (χ3v) is 6.85. The standard InChI is InChI=1S/C29H32F6O5/c1-7-26(8-2,23-11-12-24(20(4)16-23)39-17-25(36)38-6)22-10-9-21(19(3)15-22)13-14-27(28(30,31)32,29(33,34)35)40-18-37-5/h9-12,15-16H,7-8,17-18H2,1-6H3. The van der Waals surface area contributed by atoms with Crippen molar-refractivity contribution in [3.05, 3.63) is 64.2 Å². The van der Waals surface area contributed by atoms with Crippen LogP contribution < -0.4 is 4.74 Å². The first-order valence-corrected chi connectivity index (χ1v) is 12.3. The molecule has 0 heterocycles. The maximum atomic E-state index is 13.6. The minimum absolute atomic E-state index is 0.00788. The van der Waals surface area contributed by atoms with Crippen LogP contribution in [0.1, 0.15) is 54.5 Å². The molecule has 40 heavy (non-hydrogen) atoms. The van der Waals surface area contributed by atoms with Crippen molar-refractivity contribution >= 4 is 5.97 Å². The predicted octanol–water partition coefficient (Wildman–Crippen LogP) is 6.80. The SMILES string of the molecule is CCC(CC)(c1ccc(C#CC(OCOC)(C(F)(F)F)C(F)(F)F)c(C)c1)c1ccc(OCC(=O)OC)c(C)c1. The number of alkyl halides is 6. The van der Waals surface area contributed by atoms with Gasteiger partial charge in [0.15, 0.2) is 6.61 Å². The molecule has 0 saturated heterocycles. The van der Waals surface area contributed by atoms with E-state index in [-0.39, 0.29) is 12.2 Å². The summed E-state index contributed by atoms with van der Waals surface area (Å²) in [6.45, 7) is 5.86. The van der Waals surface area contributed by atoms with Crippen molar-refractivity contribution in [3.8, 4) is 17.6 Å². The van der Waals surface area contributed by atoms with Gasteiger partial charge in [0.1, 0.15) is 12.5 Å². The fourth-order valence-corrected chi connectivity index (χ4v) is 4.44. The highest BCUT2D eigenvalue weighted by atomic mass is 19.4. The molecule has 0 unspecified atom stereocenters. The van der Waals surface area contributed by atoms with Crippen molar-refractivity contribution in [1.82, 2.24) is 0 Å². The monoisotopic (exact) mass is 574 g/mol. The topological polar surface area (TPSA) is 54.0 Å². The third kappa shape index (κ3) is 6.73. The average molecular weight is 575 g/mol. The lowest BCUT2D eigenvalue weighted by Crippen LogP contribution is -2.58. The highest BCUT2D eigenvalue weighted by Crippen LogP contribution is 2.46. The summed E-state index contributed by atoms with van der Waals surface area (Å²) in [5, 5.41) is 0. The van der Waals surface area contributed by atoms with Crippen LogP contribution in [0.2, 0.25) is 0 Å². The average Bonchev–Trinajstić information content (AvgIpc) is 2.88. The molecule has 5 nitrogen and oxygen atoms in total. The van der Waals surface area contributed by atoms with Crippen LogP contribution in [0, 0.1) is 25.7 Å². The van der Waals surface area contributed by atoms with Crippen LogP contribution >= 0.6 is 0 Å². The summed E-state index contributed by atoms with van der Waals surface area (Å²) >= 11 is 0. The molecule has 0 fully saturated rings. The second-order valence-electron chi connectivity index (χ2n) is 9.14. The molecule has 0 bridgehead atoms. The van der Waals surface area contributed by atoms with E-state index in [1.165, 1.54) is 19.1 Å². The zero-order valence-corrected chi connectivity index (χ0v) is 23.1. The van der Waals surface area contributed by atoms with E-state index in [1.807, 2.05) is 38.8 Å². The maximum absolute atomic E-state index is 13.6. The van der Waals surface area contributed by atoms with Crippen LogP contribution in [-0.4, -0.2) is 51.5 Å². The van der Waals surface area contributed by atoms with E-state index in [0.29, 0.717) is 24.2 Å². The molecule has 0 N–H and O–H groups in total. The Morgan fingerprint density at radius 2 is 1.40 bits per heavy atom. The predicted molar refractivity (Wildman–Crippen MR) is 136 cm³/mol. The van der Waals surface area contributed by atoms with Gasteiger partial charge < -0.3 is 18.9 Å². The molecule has 0 aliphatic heterocycles. The number of halogens is 6. The summed E-state index contributed by atoms with van der Waals surface area (Å²) < 4.78 is 100. The van der Waals surface area contributed by atoms with Gasteiger partial charge in [0.2, 0.25) is 0 Å². The van der Waals surface area contributed by atoms with Crippen LogP contribution in [0.5, 0.6) is 5.75 Å². The van der Waals surface area contributed by atoms with Gasteiger partial charge in [-0.05, 0) is 67.0 Å². The number of benzene rings is 2. The van der Waals surface area contributed by atoms with Gasteiger partial charge in [-0.15, -0.1) is 0 Å². The van der Waals surface area contributed by atoms with Crippen molar-refractivity contribution in [2.24, 2.45) is 0 Å². The number of hydrogen-bond acceptors (Lipinski definition) is 5. The van der Waals surface area contributed by atoms with Crippen LogP contribution in [0.25, 0.3) is 0 Å². The number of carbonyl (C=O) groups is 1. The third-order valence-electron chi connectivity index (χ3n) is 6.85. The van der Waals surface area contributed by atoms with Crippen LogP contribution in [0.4, 0.5) is 26.3 Å². The molecular formula is C29H32F6O5. The largest absolute Gasteiger partial charge is 0.482 e. The minimum Gasteiger partial charge on any atom is -0.482 e. The van der Waals surface area contributed by atoms with Crippen molar-refractivity contribution in [2.45, 2.75) is 63.9 Å². The summed E-state index contributed by atoms with van der Waals surface area (Å²) in [4.78, 5) is 11.4. The molecule has 220 valence electrons. The second kappa shape index (κ2) is 13.0. The molecule has 0 aromatic heterocycles. The van der Waals surface area contributed by atoms with Gasteiger partial charge in [-0.3, -0.25) is 0 Å². The van der Waals surface area contributed by atoms with Crippen LogP contribution in [0.3, 0.4) is 0 Å². The summed E-state index contributed by atoms with van der Waals surface area (Å²) in [5.74, 6) is 3.35. The van der Waals surface area contributed by atoms with Crippen LogP contribution in [-0.2, 0) is 24.4 Å². The quantitative estimate of drug-likeness (QED) is 0.135. The molecule has 11 heteroatoms. The number of esters is 1. The van der Waals surface area contributed by atoms with E-state index in [4.69, 9.17) is 4.74 Å². The van der Waals surface area contributed by atoms with Gasteiger partial charge in [0, 0.05) is 18.1 Å². The molecule has 0 spiro atoms. The first-order chi connectivity index (χ1) is 18.6. The highest BCUT2D eigenvalue weighted by Gasteiger charge is 2.72. The Morgan fingerprint density at radius 1 is 0.850 bits per heavy atom. The fraction of sp³-hybridized carbons (Fsp3) is 0.483. The van der Waals surface area contributed by atoms with E-state index < -0.39 is 36.1 Å². The molecule has 0 aliphatic rings. The minimum atomic E-state index is -5.87. The van der Waals surface area contributed by atoms with Gasteiger partial charge in [0.25, 0.3) is 0 Å². The zero-order valence-electron chi connectivity index (χ0n) is 23.1. The Morgan fingerprint density at radius 3 is 1.85 bits per heavy atom. The first kappa shape index (κ1) is 33.0. The highest BCUT2D eigenvalue weighted by molar-refractivity contribution is 5.71. The van der Waals surface area contributed by atoms with Gasteiger partial charge >= 0.3 is 23.9 Å². The summed E-state index contributed by atoms with van der Waals surface area (Å²) in [5.41, 5.74) is -2.32. The fourth-order valence-electron chi connectivity index (χ4n) is 4.44. The lowest BCUT2D eigenvalue weighted by molar-refractivity contribution is -0.368. The Hall–Kier alpha value is -3.23. The lowest BCUT2D eigenvalue weighted by Gasteiger charge is -2.34. The van der Waals surface area contributed by atoms with Gasteiger partial charge in [-0.25, -0.2) is 4.79 Å². The second-order valence-corrected chi connectivity index (χ2v) is 9.14. The van der Waals surface area contributed by atoms with Gasteiger partial charge in [0.05, 0.1) is 7.11 Å². The van der Waals surface area contributed by atoms with Crippen molar-refractivity contribution < 1.29 is 50.1 Å². The van der Waals surface area contributed by atoms with E-state index in [1.54, 1.807) is 25.1 Å². The smallest absolute Gasteiger partial charge is 0.438 e. The number of carbonyl (C=O) groups excluding carboxylic acids is 1. The van der Waals surface area contributed by atoms with Crippen molar-refractivity contribution in [1.29, 1.82) is 0 Å². The van der Waals surface area contributed by atoms with E-state index in [2.05, 4.69) is 14.2 Å². The Labute approximate surface area is 229 Å². The molecule has 0 saturated carbocycles. The Bertz CT molecular complexity index is 1220. The van der Waals surface area contributed by atoms with E-state index in [0.717, 1.165) is 23.8 Å². The number of rotatable bonds is 10. The molecule has 2 aromatic carbocycles. The lowest BCUT2D eigenvalue weighted by atomic mass is 9.70. The molecular weight excluding hydrogens is 542 g/mol. The molecule has 0 atom stereocenters. The first-order valence-electron chi connectivity index (χ1n) is 12.3. The maximum Gasteiger partial charge on any atom is 0.438 e. The normalized spacial score (nSPS) is 12.5. The Kier molecular flexibility index (Phi) is 10.7. The van der Waals surface area contributed by atoms with E-state index in [9.17, 15) is 31.1 Å².